The molecule has 0 unspecified atom stereocenters. The summed E-state index contributed by atoms with van der Waals surface area (Å²) >= 11 is 4.69. The minimum Gasteiger partial charge on any atom is -0.496 e. The topological polar surface area (TPSA) is 84.6 Å². The number of aliphatic carboxylic acids is 1. The van der Waals surface area contributed by atoms with Gasteiger partial charge in [0.05, 0.1) is 13.5 Å². The minimum atomic E-state index is -0.925. The highest BCUT2D eigenvalue weighted by molar-refractivity contribution is 7.80. The van der Waals surface area contributed by atoms with Gasteiger partial charge in [-0.2, -0.15) is 0 Å². The van der Waals surface area contributed by atoms with Crippen molar-refractivity contribution in [2.24, 2.45) is 5.73 Å². The molecule has 0 saturated heterocycles. The van der Waals surface area contributed by atoms with E-state index < -0.39 is 5.97 Å². The van der Waals surface area contributed by atoms with Gasteiger partial charge in [-0.3, -0.25) is 4.79 Å². The molecule has 1 rings (SSSR count). The van der Waals surface area contributed by atoms with Crippen molar-refractivity contribution in [2.45, 2.75) is 6.42 Å². The number of carbonyl (C=O) groups is 1. The SMILES string of the molecule is COc1ccc(NC(N)=S)cc1CC(=O)O. The number of ether oxygens (including phenoxy) is 1. The molecule has 16 heavy (non-hydrogen) atoms. The van der Waals surface area contributed by atoms with E-state index in [0.29, 0.717) is 17.0 Å². The number of methoxy groups -OCH3 is 1. The van der Waals surface area contributed by atoms with Gasteiger partial charge in [0.2, 0.25) is 0 Å². The molecule has 0 aliphatic rings. The summed E-state index contributed by atoms with van der Waals surface area (Å²) in [5.41, 5.74) is 6.53. The number of anilines is 1. The summed E-state index contributed by atoms with van der Waals surface area (Å²) in [7, 11) is 1.49. The molecule has 0 radical (unpaired) electrons. The van der Waals surface area contributed by atoms with Gasteiger partial charge in [0.1, 0.15) is 5.75 Å². The maximum atomic E-state index is 10.6. The number of carboxylic acid groups (broad SMARTS) is 1. The van der Waals surface area contributed by atoms with Gasteiger partial charge >= 0.3 is 5.97 Å². The maximum absolute atomic E-state index is 10.6. The second kappa shape index (κ2) is 5.32. The van der Waals surface area contributed by atoms with Crippen LogP contribution in [0.25, 0.3) is 0 Å². The second-order valence-corrected chi connectivity index (χ2v) is 3.53. The Kier molecular flexibility index (Phi) is 4.07. The van der Waals surface area contributed by atoms with Crippen molar-refractivity contribution < 1.29 is 14.6 Å². The van der Waals surface area contributed by atoms with Gasteiger partial charge in [0.25, 0.3) is 0 Å². The van der Waals surface area contributed by atoms with Crippen LogP contribution < -0.4 is 15.8 Å². The first kappa shape index (κ1) is 12.3. The third-order valence-corrected chi connectivity index (χ3v) is 1.99. The summed E-state index contributed by atoms with van der Waals surface area (Å²) in [6.07, 6.45) is -0.115. The highest BCUT2D eigenvalue weighted by Crippen LogP contribution is 2.23. The lowest BCUT2D eigenvalue weighted by Crippen LogP contribution is -2.19. The first-order chi connectivity index (χ1) is 7.52. The van der Waals surface area contributed by atoms with E-state index in [1.165, 1.54) is 7.11 Å². The Morgan fingerprint density at radius 3 is 2.81 bits per heavy atom. The predicted octanol–water partition coefficient (Wildman–Crippen LogP) is 0.978. The van der Waals surface area contributed by atoms with E-state index in [9.17, 15) is 4.79 Å². The van der Waals surface area contributed by atoms with Crippen molar-refractivity contribution >= 4 is 29.0 Å². The van der Waals surface area contributed by atoms with E-state index >= 15 is 0 Å². The zero-order chi connectivity index (χ0) is 12.1. The molecular formula is C10H12N2O3S. The van der Waals surface area contributed by atoms with E-state index in [-0.39, 0.29) is 11.5 Å². The highest BCUT2D eigenvalue weighted by Gasteiger charge is 2.08. The smallest absolute Gasteiger partial charge is 0.307 e. The molecule has 1 aromatic rings. The number of nitrogens with one attached hydrogen (secondary N) is 1. The van der Waals surface area contributed by atoms with Crippen LogP contribution in [0.5, 0.6) is 5.75 Å². The van der Waals surface area contributed by atoms with Crippen LogP contribution in [-0.2, 0) is 11.2 Å². The van der Waals surface area contributed by atoms with Crippen molar-refractivity contribution in [1.29, 1.82) is 0 Å². The zero-order valence-corrected chi connectivity index (χ0v) is 9.50. The molecule has 4 N–H and O–H groups in total. The lowest BCUT2D eigenvalue weighted by molar-refractivity contribution is -0.136. The van der Waals surface area contributed by atoms with Crippen LogP contribution in [0, 0.1) is 0 Å². The molecule has 0 amide bonds. The molecule has 0 aliphatic carbocycles. The molecule has 5 nitrogen and oxygen atoms in total. The number of benzene rings is 1. The summed E-state index contributed by atoms with van der Waals surface area (Å²) in [6, 6.07) is 5.02. The molecule has 1 aromatic carbocycles. The van der Waals surface area contributed by atoms with E-state index in [1.54, 1.807) is 18.2 Å². The van der Waals surface area contributed by atoms with Crippen molar-refractivity contribution in [3.63, 3.8) is 0 Å². The van der Waals surface area contributed by atoms with Crippen molar-refractivity contribution in [3.8, 4) is 5.75 Å². The fourth-order valence-corrected chi connectivity index (χ4v) is 1.42. The molecule has 0 spiro atoms. The fourth-order valence-electron chi connectivity index (χ4n) is 1.30. The molecule has 86 valence electrons. The number of rotatable bonds is 4. The first-order valence-corrected chi connectivity index (χ1v) is 4.89. The Morgan fingerprint density at radius 2 is 2.31 bits per heavy atom. The van der Waals surface area contributed by atoms with Crippen LogP contribution in [-0.4, -0.2) is 23.3 Å². The van der Waals surface area contributed by atoms with Crippen LogP contribution in [0.4, 0.5) is 5.69 Å². The van der Waals surface area contributed by atoms with Gasteiger partial charge in [-0.25, -0.2) is 0 Å². The molecule has 0 heterocycles. The van der Waals surface area contributed by atoms with E-state index in [0.717, 1.165) is 0 Å². The number of hydrogen-bond donors (Lipinski definition) is 3. The fraction of sp³-hybridized carbons (Fsp3) is 0.200. The van der Waals surface area contributed by atoms with Gasteiger partial charge in [-0.1, -0.05) is 0 Å². The van der Waals surface area contributed by atoms with Crippen LogP contribution in [0.2, 0.25) is 0 Å². The number of carboxylic acids is 1. The summed E-state index contributed by atoms with van der Waals surface area (Å²) in [5, 5.41) is 11.6. The molecule has 0 saturated carbocycles. The van der Waals surface area contributed by atoms with Gasteiger partial charge in [-0.15, -0.1) is 0 Å². The predicted molar refractivity (Wildman–Crippen MR) is 64.7 cm³/mol. The average molecular weight is 240 g/mol. The van der Waals surface area contributed by atoms with E-state index in [2.05, 4.69) is 17.5 Å². The van der Waals surface area contributed by atoms with Gasteiger partial charge in [0.15, 0.2) is 5.11 Å². The Labute approximate surface area is 98.2 Å². The number of nitrogens with two attached hydrogens (primary N) is 1. The first-order valence-electron chi connectivity index (χ1n) is 4.48. The van der Waals surface area contributed by atoms with Crippen molar-refractivity contribution in [3.05, 3.63) is 23.8 Å². The zero-order valence-electron chi connectivity index (χ0n) is 8.69. The van der Waals surface area contributed by atoms with Crippen LogP contribution >= 0.6 is 12.2 Å². The largest absolute Gasteiger partial charge is 0.496 e. The molecule has 0 aliphatic heterocycles. The highest BCUT2D eigenvalue weighted by atomic mass is 32.1. The quantitative estimate of drug-likeness (QED) is 0.680. The Hall–Kier alpha value is -1.82. The Balaban J connectivity index is 3.00. The molecular weight excluding hydrogens is 228 g/mol. The van der Waals surface area contributed by atoms with E-state index in [1.807, 2.05) is 0 Å². The van der Waals surface area contributed by atoms with Crippen LogP contribution in [0.15, 0.2) is 18.2 Å². The number of hydrogen-bond acceptors (Lipinski definition) is 3. The van der Waals surface area contributed by atoms with Crippen molar-refractivity contribution in [1.82, 2.24) is 0 Å². The summed E-state index contributed by atoms with van der Waals surface area (Å²) in [6.45, 7) is 0. The van der Waals surface area contributed by atoms with Crippen LogP contribution in [0.3, 0.4) is 0 Å². The third kappa shape index (κ3) is 3.39. The molecule has 0 atom stereocenters. The normalized spacial score (nSPS) is 9.56. The third-order valence-electron chi connectivity index (χ3n) is 1.89. The summed E-state index contributed by atoms with van der Waals surface area (Å²) in [5.74, 6) is -0.401. The van der Waals surface area contributed by atoms with E-state index in [4.69, 9.17) is 15.6 Å². The Morgan fingerprint density at radius 1 is 1.62 bits per heavy atom. The maximum Gasteiger partial charge on any atom is 0.307 e. The monoisotopic (exact) mass is 240 g/mol. The van der Waals surface area contributed by atoms with Gasteiger partial charge in [-0.05, 0) is 30.4 Å². The average Bonchev–Trinajstić information content (AvgIpc) is 2.16. The molecule has 0 fully saturated rings. The molecule has 6 heteroatoms. The van der Waals surface area contributed by atoms with Crippen LogP contribution in [0.1, 0.15) is 5.56 Å². The standard InChI is InChI=1S/C10H12N2O3S/c1-15-8-3-2-7(12-10(11)16)4-6(8)5-9(13)14/h2-4H,5H2,1H3,(H,13,14)(H3,11,12,16). The minimum absolute atomic E-state index is 0.115. The number of thiocarbonyl (C=S) groups is 1. The molecule has 0 aromatic heterocycles. The Bertz CT molecular complexity index is 421. The lowest BCUT2D eigenvalue weighted by Gasteiger charge is -2.10. The molecule has 0 bridgehead atoms. The lowest BCUT2D eigenvalue weighted by atomic mass is 10.1. The van der Waals surface area contributed by atoms with Gasteiger partial charge in [0, 0.05) is 11.3 Å². The van der Waals surface area contributed by atoms with Gasteiger partial charge < -0.3 is 20.9 Å². The van der Waals surface area contributed by atoms with Crippen molar-refractivity contribution in [2.75, 3.05) is 12.4 Å². The summed E-state index contributed by atoms with van der Waals surface area (Å²) in [4.78, 5) is 10.6. The summed E-state index contributed by atoms with van der Waals surface area (Å²) < 4.78 is 5.05. The second-order valence-electron chi connectivity index (χ2n) is 3.09.